The monoisotopic (exact) mass is 437 g/mol. The molecule has 1 amide bonds. The van der Waals surface area contributed by atoms with E-state index in [2.05, 4.69) is 31.4 Å². The molecule has 0 aliphatic carbocycles. The Hall–Kier alpha value is -3.32. The molecule has 1 heterocycles. The number of pyridine rings is 1. The highest BCUT2D eigenvalue weighted by Gasteiger charge is 2.11. The van der Waals surface area contributed by atoms with Crippen molar-refractivity contribution < 1.29 is 14.3 Å². The molecule has 0 unspecified atom stereocenters. The maximum absolute atomic E-state index is 12.4. The number of hydrogen-bond donors (Lipinski definition) is 1. The lowest BCUT2D eigenvalue weighted by molar-refractivity contribution is 0.0734. The Labute approximate surface area is 170 Å². The zero-order valence-corrected chi connectivity index (χ0v) is 16.5. The molecule has 0 spiro atoms. The number of halogens is 1. The lowest BCUT2D eigenvalue weighted by Gasteiger charge is -2.08. The average molecular weight is 438 g/mol. The second-order valence-corrected chi connectivity index (χ2v) is 6.79. The first-order valence-corrected chi connectivity index (χ1v) is 9.14. The minimum absolute atomic E-state index is 0.329. The molecule has 140 valence electrons. The van der Waals surface area contributed by atoms with Gasteiger partial charge in [0, 0.05) is 28.0 Å². The van der Waals surface area contributed by atoms with Gasteiger partial charge >= 0.3 is 5.97 Å². The first-order chi connectivity index (χ1) is 13.5. The summed E-state index contributed by atoms with van der Waals surface area (Å²) >= 11 is 3.38. The zero-order valence-electron chi connectivity index (χ0n) is 14.9. The number of amides is 1. The second kappa shape index (κ2) is 9.05. The third-order valence-electron chi connectivity index (χ3n) is 3.77. The van der Waals surface area contributed by atoms with Crippen LogP contribution in [0, 0.1) is 6.92 Å². The minimum Gasteiger partial charge on any atom is -0.422 e. The molecule has 28 heavy (non-hydrogen) atoms. The van der Waals surface area contributed by atoms with Crippen molar-refractivity contribution in [1.29, 1.82) is 0 Å². The number of carbonyl (C=O) groups is 2. The van der Waals surface area contributed by atoms with Gasteiger partial charge in [-0.15, -0.1) is 0 Å². The van der Waals surface area contributed by atoms with Crippen LogP contribution in [0.15, 0.2) is 76.6 Å². The minimum atomic E-state index is -0.474. The Morgan fingerprint density at radius 1 is 1.04 bits per heavy atom. The maximum Gasteiger partial charge on any atom is 0.343 e. The Morgan fingerprint density at radius 3 is 2.46 bits per heavy atom. The van der Waals surface area contributed by atoms with Crippen molar-refractivity contribution in [2.45, 2.75) is 6.92 Å². The number of carbonyl (C=O) groups excluding carboxylic acids is 2. The van der Waals surface area contributed by atoms with Crippen LogP contribution in [0.1, 0.15) is 31.8 Å². The summed E-state index contributed by atoms with van der Waals surface area (Å²) in [4.78, 5) is 28.3. The van der Waals surface area contributed by atoms with Gasteiger partial charge in [-0.3, -0.25) is 9.78 Å². The standard InChI is InChI=1S/C21H16BrN3O3/c1-14-2-4-16(5-3-14)21(27)28-19-7-6-18(22)12-17(19)13-24-25-20(26)15-8-10-23-11-9-15/h2-13H,1H3,(H,25,26)/b24-13-. The van der Waals surface area contributed by atoms with Crippen molar-refractivity contribution in [2.75, 3.05) is 0 Å². The molecule has 2 aromatic carbocycles. The van der Waals surface area contributed by atoms with Gasteiger partial charge in [0.1, 0.15) is 5.75 Å². The maximum atomic E-state index is 12.4. The van der Waals surface area contributed by atoms with Gasteiger partial charge in [-0.1, -0.05) is 33.6 Å². The summed E-state index contributed by atoms with van der Waals surface area (Å²) in [7, 11) is 0. The van der Waals surface area contributed by atoms with Gasteiger partial charge in [-0.05, 0) is 49.4 Å². The predicted molar refractivity (Wildman–Crippen MR) is 110 cm³/mol. The van der Waals surface area contributed by atoms with E-state index in [-0.39, 0.29) is 5.91 Å². The van der Waals surface area contributed by atoms with E-state index in [1.54, 1.807) is 42.5 Å². The summed E-state index contributed by atoms with van der Waals surface area (Å²) in [5.74, 6) is -0.514. The van der Waals surface area contributed by atoms with E-state index in [0.717, 1.165) is 10.0 Å². The highest BCUT2D eigenvalue weighted by molar-refractivity contribution is 9.10. The Morgan fingerprint density at radius 2 is 1.75 bits per heavy atom. The van der Waals surface area contributed by atoms with Crippen LogP contribution >= 0.6 is 15.9 Å². The molecule has 3 aromatic rings. The van der Waals surface area contributed by atoms with E-state index in [9.17, 15) is 9.59 Å². The molecule has 0 atom stereocenters. The molecule has 0 fully saturated rings. The molecule has 1 N–H and O–H groups in total. The average Bonchev–Trinajstić information content (AvgIpc) is 2.71. The Kier molecular flexibility index (Phi) is 6.29. The van der Waals surface area contributed by atoms with Crippen molar-refractivity contribution in [1.82, 2.24) is 10.4 Å². The first kappa shape index (κ1) is 19.4. The SMILES string of the molecule is Cc1ccc(C(=O)Oc2ccc(Br)cc2/C=N\NC(=O)c2ccncc2)cc1. The molecule has 0 radical (unpaired) electrons. The van der Waals surface area contributed by atoms with Crippen LogP contribution in [0.5, 0.6) is 5.75 Å². The number of hydrazone groups is 1. The quantitative estimate of drug-likeness (QED) is 0.281. The van der Waals surface area contributed by atoms with E-state index >= 15 is 0 Å². The molecular weight excluding hydrogens is 422 g/mol. The van der Waals surface area contributed by atoms with Gasteiger partial charge in [-0.25, -0.2) is 10.2 Å². The number of rotatable bonds is 5. The van der Waals surface area contributed by atoms with Crippen LogP contribution in [-0.4, -0.2) is 23.1 Å². The van der Waals surface area contributed by atoms with Crippen molar-refractivity contribution >= 4 is 34.0 Å². The summed E-state index contributed by atoms with van der Waals surface area (Å²) in [6.07, 6.45) is 4.47. The zero-order chi connectivity index (χ0) is 19.9. The van der Waals surface area contributed by atoms with E-state index in [0.29, 0.717) is 22.4 Å². The van der Waals surface area contributed by atoms with Crippen LogP contribution in [0.25, 0.3) is 0 Å². The largest absolute Gasteiger partial charge is 0.422 e. The number of hydrogen-bond acceptors (Lipinski definition) is 5. The molecule has 0 aliphatic rings. The molecule has 0 saturated carbocycles. The highest BCUT2D eigenvalue weighted by atomic mass is 79.9. The molecule has 0 bridgehead atoms. The normalized spacial score (nSPS) is 10.6. The number of aromatic nitrogens is 1. The number of benzene rings is 2. The van der Waals surface area contributed by atoms with E-state index < -0.39 is 5.97 Å². The molecule has 0 saturated heterocycles. The molecule has 0 aliphatic heterocycles. The first-order valence-electron chi connectivity index (χ1n) is 8.35. The summed E-state index contributed by atoms with van der Waals surface area (Å²) in [5.41, 5.74) is 4.90. The number of esters is 1. The highest BCUT2D eigenvalue weighted by Crippen LogP contribution is 2.23. The van der Waals surface area contributed by atoms with Crippen LogP contribution in [0.3, 0.4) is 0 Å². The molecular formula is C21H16BrN3O3. The number of aryl methyl sites for hydroxylation is 1. The van der Waals surface area contributed by atoms with Crippen LogP contribution < -0.4 is 10.2 Å². The second-order valence-electron chi connectivity index (χ2n) is 5.87. The van der Waals surface area contributed by atoms with Crippen LogP contribution in [0.2, 0.25) is 0 Å². The fourth-order valence-corrected chi connectivity index (χ4v) is 2.67. The van der Waals surface area contributed by atoms with E-state index in [1.807, 2.05) is 19.1 Å². The van der Waals surface area contributed by atoms with Crippen molar-refractivity contribution in [2.24, 2.45) is 5.10 Å². The van der Waals surface area contributed by atoms with Crippen molar-refractivity contribution in [3.05, 3.63) is 93.7 Å². The Balaban J connectivity index is 1.74. The third-order valence-corrected chi connectivity index (χ3v) is 4.27. The van der Waals surface area contributed by atoms with E-state index in [1.165, 1.54) is 18.6 Å². The van der Waals surface area contributed by atoms with Crippen LogP contribution in [0.4, 0.5) is 0 Å². The van der Waals surface area contributed by atoms with Gasteiger partial charge in [0.25, 0.3) is 5.91 Å². The summed E-state index contributed by atoms with van der Waals surface area (Å²) in [6, 6.07) is 15.4. The third kappa shape index (κ3) is 5.11. The van der Waals surface area contributed by atoms with Crippen molar-refractivity contribution in [3.8, 4) is 5.75 Å². The Bertz CT molecular complexity index is 1020. The molecule has 7 heteroatoms. The van der Waals surface area contributed by atoms with Crippen LogP contribution in [-0.2, 0) is 0 Å². The van der Waals surface area contributed by atoms with Gasteiger partial charge in [-0.2, -0.15) is 5.10 Å². The lowest BCUT2D eigenvalue weighted by Crippen LogP contribution is -2.17. The topological polar surface area (TPSA) is 80.6 Å². The molecule has 6 nitrogen and oxygen atoms in total. The smallest absolute Gasteiger partial charge is 0.343 e. The fraction of sp³-hybridized carbons (Fsp3) is 0.0476. The van der Waals surface area contributed by atoms with Gasteiger partial charge in [0.2, 0.25) is 0 Å². The summed E-state index contributed by atoms with van der Waals surface area (Å²) < 4.78 is 6.28. The van der Waals surface area contributed by atoms with Gasteiger partial charge in [0.15, 0.2) is 0 Å². The lowest BCUT2D eigenvalue weighted by atomic mass is 10.1. The molecule has 1 aromatic heterocycles. The van der Waals surface area contributed by atoms with Gasteiger partial charge in [0.05, 0.1) is 11.8 Å². The summed E-state index contributed by atoms with van der Waals surface area (Å²) in [6.45, 7) is 1.94. The summed E-state index contributed by atoms with van der Waals surface area (Å²) in [5, 5.41) is 3.95. The van der Waals surface area contributed by atoms with Crippen molar-refractivity contribution in [3.63, 3.8) is 0 Å². The molecule has 3 rings (SSSR count). The van der Waals surface area contributed by atoms with Gasteiger partial charge < -0.3 is 4.74 Å². The van der Waals surface area contributed by atoms with E-state index in [4.69, 9.17) is 4.74 Å². The number of ether oxygens (including phenoxy) is 1. The fourth-order valence-electron chi connectivity index (χ4n) is 2.29. The number of nitrogens with one attached hydrogen (secondary N) is 1. The predicted octanol–water partition coefficient (Wildman–Crippen LogP) is 4.14. The number of nitrogens with zero attached hydrogens (tertiary/aromatic N) is 2.